The number of nitrogens with one attached hydrogen (secondary N) is 2. The number of halogens is 4. The molecule has 2 aromatic carbocycles. The Morgan fingerprint density at radius 1 is 1.00 bits per heavy atom. The lowest BCUT2D eigenvalue weighted by Gasteiger charge is -2.40. The van der Waals surface area contributed by atoms with Crippen molar-refractivity contribution in [2.24, 2.45) is 13.0 Å². The van der Waals surface area contributed by atoms with Gasteiger partial charge in [-0.2, -0.15) is 22.5 Å². The van der Waals surface area contributed by atoms with Gasteiger partial charge in [-0.15, -0.1) is 0 Å². The summed E-state index contributed by atoms with van der Waals surface area (Å²) in [6.45, 7) is 5.63. The molecule has 3 aliphatic heterocycles. The van der Waals surface area contributed by atoms with E-state index in [0.29, 0.717) is 59.2 Å². The molecule has 2 amide bonds. The minimum Gasteiger partial charge on any atom is -0.370 e. The zero-order valence-corrected chi connectivity index (χ0v) is 36.7. The Labute approximate surface area is 365 Å². The van der Waals surface area contributed by atoms with Gasteiger partial charge in [-0.1, -0.05) is 17.7 Å². The zero-order chi connectivity index (χ0) is 45.1. The van der Waals surface area contributed by atoms with E-state index in [2.05, 4.69) is 37.4 Å². The highest BCUT2D eigenvalue weighted by atomic mass is 35.5. The van der Waals surface area contributed by atoms with Gasteiger partial charge in [0.05, 0.1) is 21.6 Å². The molecule has 0 bridgehead atoms. The van der Waals surface area contributed by atoms with Crippen LogP contribution in [-0.4, -0.2) is 105 Å². The molecule has 3 aromatic heterocycles. The summed E-state index contributed by atoms with van der Waals surface area (Å²) in [6, 6.07) is 8.86. The van der Waals surface area contributed by atoms with Crippen LogP contribution in [0.4, 0.5) is 30.5 Å². The molecule has 2 unspecified atom stereocenters. The van der Waals surface area contributed by atoms with Gasteiger partial charge in [0.2, 0.25) is 27.8 Å². The molecule has 63 heavy (non-hydrogen) atoms. The van der Waals surface area contributed by atoms with E-state index in [4.69, 9.17) is 11.6 Å². The summed E-state index contributed by atoms with van der Waals surface area (Å²) in [5, 5.41) is 5.05. The minimum absolute atomic E-state index is 0.0892. The van der Waals surface area contributed by atoms with Gasteiger partial charge in [0.25, 0.3) is 5.56 Å². The van der Waals surface area contributed by atoms with Crippen LogP contribution in [0.5, 0.6) is 0 Å². The van der Waals surface area contributed by atoms with Crippen LogP contribution in [0.25, 0.3) is 22.1 Å². The lowest BCUT2D eigenvalue weighted by Crippen LogP contribution is -2.46. The number of para-hydroxylation sites is 1. The predicted molar refractivity (Wildman–Crippen MR) is 232 cm³/mol. The molecule has 8 rings (SSSR count). The van der Waals surface area contributed by atoms with Crippen molar-refractivity contribution in [2.45, 2.75) is 81.6 Å². The number of alkyl halides is 3. The molecule has 16 nitrogen and oxygen atoms in total. The Balaban J connectivity index is 0.870. The number of hydrogen-bond donors (Lipinski definition) is 2. The smallest absolute Gasteiger partial charge is 0.370 e. The van der Waals surface area contributed by atoms with Gasteiger partial charge >= 0.3 is 11.9 Å². The van der Waals surface area contributed by atoms with Gasteiger partial charge in [0.15, 0.2) is 0 Å². The molecule has 3 fully saturated rings. The summed E-state index contributed by atoms with van der Waals surface area (Å²) >= 11 is 5.95. The van der Waals surface area contributed by atoms with Gasteiger partial charge in [0, 0.05) is 69.5 Å². The average molecular weight is 913 g/mol. The normalized spacial score (nSPS) is 19.3. The maximum Gasteiger partial charge on any atom is 0.409 e. The van der Waals surface area contributed by atoms with E-state index in [9.17, 15) is 40.8 Å². The van der Waals surface area contributed by atoms with Crippen LogP contribution in [0, 0.1) is 12.8 Å². The summed E-state index contributed by atoms with van der Waals surface area (Å²) in [6.07, 6.45) is 0.145. The number of nitrogens with zero attached hydrogens (tertiary/aromatic N) is 8. The molecule has 336 valence electrons. The lowest BCUT2D eigenvalue weighted by atomic mass is 9.95. The number of imidazole rings is 1. The SMILES string of the molecule is Cc1cc(S(=O)(=O)N2CCC(CN(C)C3CCN(c4cccc5c4n(C)c(=O)n5C4CCC(=O)NC4=O)CC3)CC2)ccc1Nc1ncc2cc(Cl)c(=O)n(C(C)C(F)(F)F)c2n1. The Bertz CT molecular complexity index is 2850. The van der Waals surface area contributed by atoms with E-state index < -0.39 is 44.8 Å². The average Bonchev–Trinajstić information content (AvgIpc) is 3.50. The van der Waals surface area contributed by atoms with Crippen LogP contribution in [0.2, 0.25) is 5.02 Å². The van der Waals surface area contributed by atoms with Gasteiger partial charge in [0.1, 0.15) is 22.8 Å². The molecule has 2 atom stereocenters. The number of aromatic nitrogens is 5. The molecule has 6 heterocycles. The van der Waals surface area contributed by atoms with E-state index in [0.717, 1.165) is 50.6 Å². The molecule has 0 saturated carbocycles. The number of piperidine rings is 3. The van der Waals surface area contributed by atoms with E-state index in [1.165, 1.54) is 33.3 Å². The first kappa shape index (κ1) is 44.3. The number of aryl methyl sites for hydroxylation is 2. The van der Waals surface area contributed by atoms with Crippen LogP contribution in [-0.2, 0) is 26.7 Å². The summed E-state index contributed by atoms with van der Waals surface area (Å²) in [4.78, 5) is 63.8. The maximum absolute atomic E-state index is 13.8. The molecule has 0 radical (unpaired) electrons. The number of pyridine rings is 1. The first-order chi connectivity index (χ1) is 29.8. The van der Waals surface area contributed by atoms with Crippen LogP contribution in [0.3, 0.4) is 0 Å². The third kappa shape index (κ3) is 8.45. The Kier molecular flexibility index (Phi) is 12.0. The zero-order valence-electron chi connectivity index (χ0n) is 35.2. The van der Waals surface area contributed by atoms with Crippen LogP contribution >= 0.6 is 11.6 Å². The topological polar surface area (TPSA) is 177 Å². The Morgan fingerprint density at radius 2 is 1.71 bits per heavy atom. The Morgan fingerprint density at radius 3 is 2.38 bits per heavy atom. The predicted octanol–water partition coefficient (Wildman–Crippen LogP) is 5.25. The standard InChI is InChI=1S/C42H48ClF3N10O6S/c1-24-20-29(8-9-31(24)48-40-47-22-27-21-30(43)39(59)55(37(27)50-40)25(2)42(44,45)46)63(61,62)54-18-12-26(13-19-54)23-51(3)28-14-16-53(17-15-28)32-6-5-7-33-36(32)52(4)41(60)56(33)34-10-11-35(57)49-38(34)58/h5-9,20-22,25-26,28,34H,10-19,23H2,1-4H3,(H,47,48,50)(H,49,57,58). The first-order valence-corrected chi connectivity index (χ1v) is 22.7. The quantitative estimate of drug-likeness (QED) is 0.175. The summed E-state index contributed by atoms with van der Waals surface area (Å²) in [5.41, 5.74) is 1.70. The third-order valence-electron chi connectivity index (χ3n) is 12.8. The number of benzene rings is 2. The fraction of sp³-hybridized carbons (Fsp3) is 0.476. The number of rotatable bonds is 10. The Hall–Kier alpha value is -5.31. The molecule has 5 aromatic rings. The summed E-state index contributed by atoms with van der Waals surface area (Å²) in [7, 11) is -0.00723. The number of fused-ring (bicyclic) bond motifs is 2. The molecule has 0 aliphatic carbocycles. The van der Waals surface area contributed by atoms with Gasteiger partial charge in [-0.25, -0.2) is 18.2 Å². The highest BCUT2D eigenvalue weighted by Crippen LogP contribution is 2.35. The molecule has 2 N–H and O–H groups in total. The molecule has 0 spiro atoms. The van der Waals surface area contributed by atoms with Crippen molar-refractivity contribution in [1.82, 2.24) is 38.2 Å². The van der Waals surface area contributed by atoms with Crippen molar-refractivity contribution in [3.8, 4) is 0 Å². The van der Waals surface area contributed by atoms with Crippen molar-refractivity contribution in [1.29, 1.82) is 0 Å². The van der Waals surface area contributed by atoms with Crippen LogP contribution in [0.15, 0.2) is 63.1 Å². The number of anilines is 3. The van der Waals surface area contributed by atoms with Crippen molar-refractivity contribution >= 4 is 72.8 Å². The van der Waals surface area contributed by atoms with Crippen molar-refractivity contribution < 1.29 is 31.2 Å². The minimum atomic E-state index is -4.74. The molecule has 3 aliphatic rings. The van der Waals surface area contributed by atoms with Crippen molar-refractivity contribution in [2.75, 3.05) is 50.0 Å². The van der Waals surface area contributed by atoms with E-state index >= 15 is 0 Å². The van der Waals surface area contributed by atoms with Crippen LogP contribution in [0.1, 0.15) is 63.1 Å². The van der Waals surface area contributed by atoms with E-state index in [1.54, 1.807) is 24.6 Å². The maximum atomic E-state index is 13.8. The molecule has 21 heteroatoms. The second kappa shape index (κ2) is 17.0. The second-order valence-corrected chi connectivity index (χ2v) is 19.1. The summed E-state index contributed by atoms with van der Waals surface area (Å²) in [5.74, 6) is -0.588. The highest BCUT2D eigenvalue weighted by Gasteiger charge is 2.40. The fourth-order valence-corrected chi connectivity index (χ4v) is 11.0. The third-order valence-corrected chi connectivity index (χ3v) is 15.0. The van der Waals surface area contributed by atoms with Crippen molar-refractivity contribution in [3.05, 3.63) is 80.1 Å². The van der Waals surface area contributed by atoms with E-state index in [1.807, 2.05) is 18.2 Å². The van der Waals surface area contributed by atoms with Crippen LogP contribution < -0.4 is 26.8 Å². The molecule has 3 saturated heterocycles. The second-order valence-electron chi connectivity index (χ2n) is 16.8. The lowest BCUT2D eigenvalue weighted by molar-refractivity contribution is -0.162. The molecular weight excluding hydrogens is 865 g/mol. The van der Waals surface area contributed by atoms with Gasteiger partial charge < -0.3 is 15.1 Å². The van der Waals surface area contributed by atoms with Gasteiger partial charge in [-0.3, -0.25) is 33.4 Å². The summed E-state index contributed by atoms with van der Waals surface area (Å²) < 4.78 is 73.9. The number of sulfonamides is 1. The first-order valence-electron chi connectivity index (χ1n) is 20.8. The highest BCUT2D eigenvalue weighted by molar-refractivity contribution is 7.89. The van der Waals surface area contributed by atoms with Gasteiger partial charge in [-0.05, 0) is 101 Å². The largest absolute Gasteiger partial charge is 0.409 e. The fourth-order valence-electron chi connectivity index (χ4n) is 9.20. The number of imide groups is 1. The van der Waals surface area contributed by atoms with Crippen molar-refractivity contribution in [3.63, 3.8) is 0 Å². The molecular formula is C42H48ClF3N10O6S. The van der Waals surface area contributed by atoms with E-state index in [-0.39, 0.29) is 46.3 Å². The number of carbonyl (C=O) groups excluding carboxylic acids is 2. The number of hydrogen-bond acceptors (Lipinski definition) is 11. The number of carbonyl (C=O) groups is 2. The number of amides is 2. The monoisotopic (exact) mass is 912 g/mol.